The van der Waals surface area contributed by atoms with Gasteiger partial charge in [-0.05, 0) is 17.7 Å². The molecular formula is C21H19N3O4S. The zero-order valence-electron chi connectivity index (χ0n) is 15.9. The minimum absolute atomic E-state index is 0.0738. The normalized spacial score (nSPS) is 16.2. The third-order valence-electron chi connectivity index (χ3n) is 4.76. The van der Waals surface area contributed by atoms with E-state index in [1.54, 1.807) is 0 Å². The van der Waals surface area contributed by atoms with Crippen LogP contribution in [-0.2, 0) is 9.47 Å². The number of pyridine rings is 1. The predicted octanol–water partition coefficient (Wildman–Crippen LogP) is 3.02. The molecule has 0 spiro atoms. The Morgan fingerprint density at radius 1 is 1.07 bits per heavy atom. The fourth-order valence-electron chi connectivity index (χ4n) is 3.04. The molecule has 8 heteroatoms. The molecule has 0 unspecified atom stereocenters. The van der Waals surface area contributed by atoms with E-state index in [1.807, 2.05) is 24.3 Å². The summed E-state index contributed by atoms with van der Waals surface area (Å²) in [7, 11) is 1.48. The van der Waals surface area contributed by atoms with Crippen LogP contribution in [0, 0.1) is 28.6 Å². The van der Waals surface area contributed by atoms with Gasteiger partial charge in [0.2, 0.25) is 5.88 Å². The summed E-state index contributed by atoms with van der Waals surface area (Å²) in [5.74, 6) is 2.19. The zero-order chi connectivity index (χ0) is 20.2. The van der Waals surface area contributed by atoms with Crippen LogP contribution in [-0.4, -0.2) is 50.4 Å². The van der Waals surface area contributed by atoms with E-state index in [4.69, 9.17) is 18.9 Å². The van der Waals surface area contributed by atoms with Crippen LogP contribution in [0.3, 0.4) is 0 Å². The van der Waals surface area contributed by atoms with Gasteiger partial charge in [0.1, 0.15) is 34.6 Å². The largest absolute Gasteiger partial charge is 0.486 e. The topological polar surface area (TPSA) is 97.4 Å². The van der Waals surface area contributed by atoms with Crippen molar-refractivity contribution in [3.05, 3.63) is 35.4 Å². The molecule has 0 amide bonds. The number of ether oxygens (including phenoxy) is 4. The molecule has 148 valence electrons. The Morgan fingerprint density at radius 2 is 1.76 bits per heavy atom. The van der Waals surface area contributed by atoms with Crippen molar-refractivity contribution in [2.45, 2.75) is 11.1 Å². The second-order valence-corrected chi connectivity index (χ2v) is 7.80. The molecule has 1 aromatic carbocycles. The maximum absolute atomic E-state index is 9.88. The molecule has 0 atom stereocenters. The van der Waals surface area contributed by atoms with Crippen LogP contribution in [0.2, 0.25) is 0 Å². The molecule has 0 saturated carbocycles. The molecule has 2 aromatic rings. The lowest BCUT2D eigenvalue weighted by atomic mass is 9.97. The third kappa shape index (κ3) is 4.01. The molecule has 3 heterocycles. The monoisotopic (exact) mass is 409 g/mol. The number of methoxy groups -OCH3 is 1. The lowest BCUT2D eigenvalue weighted by molar-refractivity contribution is -0.0796. The zero-order valence-corrected chi connectivity index (χ0v) is 16.7. The lowest BCUT2D eigenvalue weighted by Gasteiger charge is -2.26. The van der Waals surface area contributed by atoms with Crippen molar-refractivity contribution in [2.24, 2.45) is 5.92 Å². The van der Waals surface area contributed by atoms with Crippen molar-refractivity contribution >= 4 is 11.8 Å². The summed E-state index contributed by atoms with van der Waals surface area (Å²) in [4.78, 5) is 4.44. The number of nitrogens with zero attached hydrogens (tertiary/aromatic N) is 3. The van der Waals surface area contributed by atoms with E-state index in [2.05, 4.69) is 17.1 Å². The Bertz CT molecular complexity index is 973. The Morgan fingerprint density at radius 3 is 2.28 bits per heavy atom. The van der Waals surface area contributed by atoms with Crippen LogP contribution in [0.1, 0.15) is 11.1 Å². The maximum Gasteiger partial charge on any atom is 0.233 e. The van der Waals surface area contributed by atoms with Gasteiger partial charge in [-0.2, -0.15) is 10.5 Å². The van der Waals surface area contributed by atoms with Crippen molar-refractivity contribution in [2.75, 3.05) is 39.3 Å². The maximum atomic E-state index is 9.88. The molecule has 2 aliphatic rings. The van der Waals surface area contributed by atoms with E-state index in [1.165, 1.54) is 18.9 Å². The highest BCUT2D eigenvalue weighted by Gasteiger charge is 2.25. The van der Waals surface area contributed by atoms with Crippen LogP contribution in [0.5, 0.6) is 11.6 Å². The smallest absolute Gasteiger partial charge is 0.233 e. The number of nitriles is 2. The Balaban J connectivity index is 1.71. The first-order chi connectivity index (χ1) is 14.2. The molecule has 1 aromatic heterocycles. The lowest BCUT2D eigenvalue weighted by Crippen LogP contribution is -2.38. The number of thioether (sulfide) groups is 1. The van der Waals surface area contributed by atoms with E-state index in [9.17, 15) is 10.5 Å². The van der Waals surface area contributed by atoms with Gasteiger partial charge >= 0.3 is 0 Å². The van der Waals surface area contributed by atoms with Gasteiger partial charge in [-0.1, -0.05) is 12.1 Å². The number of aromatic nitrogens is 1. The van der Waals surface area contributed by atoms with Gasteiger partial charge in [0.05, 0.1) is 39.1 Å². The Labute approximate surface area is 173 Å². The molecule has 0 radical (unpaired) electrons. The fraction of sp³-hybridized carbons (Fsp3) is 0.381. The van der Waals surface area contributed by atoms with E-state index < -0.39 is 0 Å². The summed E-state index contributed by atoms with van der Waals surface area (Å²) < 4.78 is 21.5. The first kappa shape index (κ1) is 19.5. The SMILES string of the molecule is COc1nc(SCC2COC2)c(C#N)c(-c2ccc(OC3COC3)cc2)c1C#N. The molecular weight excluding hydrogens is 390 g/mol. The molecule has 0 N–H and O–H groups in total. The van der Waals surface area contributed by atoms with Gasteiger partial charge in [0.15, 0.2) is 0 Å². The van der Waals surface area contributed by atoms with Gasteiger partial charge in [0, 0.05) is 17.2 Å². The second-order valence-electron chi connectivity index (χ2n) is 6.79. The van der Waals surface area contributed by atoms with Crippen LogP contribution >= 0.6 is 11.8 Å². The first-order valence-corrected chi connectivity index (χ1v) is 10.2. The molecule has 2 aliphatic heterocycles. The van der Waals surface area contributed by atoms with E-state index >= 15 is 0 Å². The van der Waals surface area contributed by atoms with E-state index in [-0.39, 0.29) is 17.5 Å². The average Bonchev–Trinajstić information content (AvgIpc) is 2.68. The minimum atomic E-state index is 0.0738. The number of rotatable bonds is 7. The highest BCUT2D eigenvalue weighted by atomic mass is 32.2. The number of hydrogen-bond donors (Lipinski definition) is 0. The average molecular weight is 409 g/mol. The predicted molar refractivity (Wildman–Crippen MR) is 106 cm³/mol. The highest BCUT2D eigenvalue weighted by molar-refractivity contribution is 7.99. The molecule has 0 aliphatic carbocycles. The summed E-state index contributed by atoms with van der Waals surface area (Å²) in [5.41, 5.74) is 1.91. The van der Waals surface area contributed by atoms with Gasteiger partial charge in [-0.15, -0.1) is 11.8 Å². The third-order valence-corrected chi connectivity index (χ3v) is 5.97. The molecule has 2 fully saturated rings. The molecule has 7 nitrogen and oxygen atoms in total. The second kappa shape index (κ2) is 8.71. The Kier molecular flexibility index (Phi) is 5.86. The first-order valence-electron chi connectivity index (χ1n) is 9.21. The van der Waals surface area contributed by atoms with Crippen molar-refractivity contribution in [3.63, 3.8) is 0 Å². The van der Waals surface area contributed by atoms with E-state index in [0.29, 0.717) is 35.3 Å². The van der Waals surface area contributed by atoms with Crippen molar-refractivity contribution in [3.8, 4) is 34.9 Å². The fourth-order valence-corrected chi connectivity index (χ4v) is 4.07. The summed E-state index contributed by atoms with van der Waals surface area (Å²) in [6.45, 7) is 2.63. The van der Waals surface area contributed by atoms with Gasteiger partial charge in [-0.25, -0.2) is 4.98 Å². The number of hydrogen-bond acceptors (Lipinski definition) is 8. The molecule has 4 rings (SSSR count). The summed E-state index contributed by atoms with van der Waals surface area (Å²) in [5, 5.41) is 20.2. The Hall–Kier alpha value is -2.78. The van der Waals surface area contributed by atoms with Crippen molar-refractivity contribution in [1.82, 2.24) is 4.98 Å². The quantitative estimate of drug-likeness (QED) is 0.644. The molecule has 29 heavy (non-hydrogen) atoms. The summed E-state index contributed by atoms with van der Waals surface area (Å²) in [6, 6.07) is 11.8. The van der Waals surface area contributed by atoms with Crippen LogP contribution in [0.15, 0.2) is 29.3 Å². The summed E-state index contributed by atoms with van der Waals surface area (Å²) >= 11 is 1.49. The van der Waals surface area contributed by atoms with Gasteiger partial charge in [0.25, 0.3) is 0 Å². The number of benzene rings is 1. The summed E-state index contributed by atoms with van der Waals surface area (Å²) in [6.07, 6.45) is 0.0738. The molecule has 0 bridgehead atoms. The van der Waals surface area contributed by atoms with Crippen molar-refractivity contribution in [1.29, 1.82) is 10.5 Å². The standard InChI is InChI=1S/C21H19N3O4S/c1-25-20-17(6-22)19(14-2-4-15(5-3-14)28-16-10-27-11-16)18(7-23)21(24-20)29-12-13-8-26-9-13/h2-5,13,16H,8-12H2,1H3. The van der Waals surface area contributed by atoms with E-state index in [0.717, 1.165) is 30.3 Å². The van der Waals surface area contributed by atoms with Gasteiger partial charge < -0.3 is 18.9 Å². The van der Waals surface area contributed by atoms with Crippen LogP contribution in [0.25, 0.3) is 11.1 Å². The van der Waals surface area contributed by atoms with Crippen LogP contribution < -0.4 is 9.47 Å². The van der Waals surface area contributed by atoms with Crippen molar-refractivity contribution < 1.29 is 18.9 Å². The highest BCUT2D eigenvalue weighted by Crippen LogP contribution is 2.38. The molecule has 2 saturated heterocycles. The van der Waals surface area contributed by atoms with Crippen LogP contribution in [0.4, 0.5) is 0 Å². The minimum Gasteiger partial charge on any atom is -0.486 e. The van der Waals surface area contributed by atoms with Gasteiger partial charge in [-0.3, -0.25) is 0 Å².